The number of carbonyl (C=O) groups excluding carboxylic acids is 11. The Morgan fingerprint density at radius 1 is 0.618 bits per heavy atom. The number of benzene rings is 1. The van der Waals surface area contributed by atoms with Gasteiger partial charge in [-0.1, -0.05) is 30.3 Å². The minimum atomic E-state index is -1.99. The zero-order valence-corrected chi connectivity index (χ0v) is 43.6. The number of carboxylic acids is 2. The Balaban J connectivity index is 2.31. The summed E-state index contributed by atoms with van der Waals surface area (Å²) in [5, 5.41) is 63.0. The fourth-order valence-electron chi connectivity index (χ4n) is 7.22. The molecule has 1 aliphatic heterocycles. The normalized spacial score (nSPS) is 16.0. The third-order valence-corrected chi connectivity index (χ3v) is 12.6. The van der Waals surface area contributed by atoms with Crippen molar-refractivity contribution >= 4 is 101 Å². The largest absolute Gasteiger partial charge is 0.481 e. The lowest BCUT2D eigenvalue weighted by Gasteiger charge is -2.27. The molecule has 30 heteroatoms. The van der Waals surface area contributed by atoms with Gasteiger partial charge in [0, 0.05) is 19.3 Å². The summed E-state index contributed by atoms with van der Waals surface area (Å²) in [5.41, 5.74) is 5.83. The molecule has 10 amide bonds. The van der Waals surface area contributed by atoms with Crippen molar-refractivity contribution in [2.75, 3.05) is 50.3 Å². The highest BCUT2D eigenvalue weighted by atomic mass is 32.2. The molecule has 28 nitrogen and oxygen atoms in total. The molecule has 0 unspecified atom stereocenters. The van der Waals surface area contributed by atoms with Gasteiger partial charge in [-0.25, -0.2) is 0 Å². The topological polar surface area (TPSA) is 449 Å². The van der Waals surface area contributed by atoms with Gasteiger partial charge in [-0.05, 0) is 74.7 Å². The molecule has 76 heavy (non-hydrogen) atoms. The Kier molecular flexibility index (Phi) is 30.4. The van der Waals surface area contributed by atoms with Crippen LogP contribution in [0.2, 0.25) is 0 Å². The monoisotopic (exact) mass is 1110 g/mol. The standard InChI is InChI=1S/C46H69N11O17S2/c1-75-17-14-30(51-36(62)21-49-39(67)27-9-6-16-48-27)42(70)54-31(15-18-76-2)43(71)56-33(20-38(65)66)45(73)57-34(24-60)46(74)53-28(10-12-35(47)61)40(68)52-29(11-13-37(63)64)41(69)55-32(19-25-7-4-3-5-8-25)44(72)50-26(22-58)23-59/h3-5,7-8,22,26-34,48,59-60H,6,9-21,23-24H2,1-2H3,(H2,47,61)(H,49,67)(H,50,72)(H,51,62)(H,52,68)(H,53,74)(H,54,70)(H,55,69)(H,56,71)(H,57,73)(H,63,64)(H,65,66)/t26-,27+,28+,29+,30+,31+,32+,33+,34+/m1/s1. The van der Waals surface area contributed by atoms with Crippen LogP contribution in [0.15, 0.2) is 30.3 Å². The zero-order chi connectivity index (χ0) is 56.7. The number of aliphatic hydroxyl groups is 2. The molecule has 0 saturated carbocycles. The number of nitrogens with two attached hydrogens (primary N) is 1. The molecule has 0 aromatic heterocycles. The summed E-state index contributed by atoms with van der Waals surface area (Å²) >= 11 is 2.64. The summed E-state index contributed by atoms with van der Waals surface area (Å²) < 4.78 is 0. The number of thioether (sulfide) groups is 2. The number of hydrogen-bond donors (Lipinski definition) is 15. The molecule has 1 aliphatic rings. The highest BCUT2D eigenvalue weighted by molar-refractivity contribution is 7.98. The third-order valence-electron chi connectivity index (χ3n) is 11.3. The van der Waals surface area contributed by atoms with E-state index in [0.29, 0.717) is 24.3 Å². The van der Waals surface area contributed by atoms with Crippen LogP contribution in [0, 0.1) is 0 Å². The van der Waals surface area contributed by atoms with E-state index in [9.17, 15) is 82.8 Å². The van der Waals surface area contributed by atoms with Gasteiger partial charge in [0.15, 0.2) is 0 Å². The van der Waals surface area contributed by atoms with Crippen molar-refractivity contribution in [3.63, 3.8) is 0 Å². The minimum Gasteiger partial charge on any atom is -0.481 e. The number of nitrogens with one attached hydrogen (secondary N) is 10. The lowest BCUT2D eigenvalue weighted by atomic mass is 10.0. The van der Waals surface area contributed by atoms with Crippen LogP contribution in [0.3, 0.4) is 0 Å². The molecule has 2 rings (SSSR count). The molecule has 0 aliphatic carbocycles. The van der Waals surface area contributed by atoms with Gasteiger partial charge in [-0.15, -0.1) is 0 Å². The van der Waals surface area contributed by atoms with Gasteiger partial charge in [-0.2, -0.15) is 23.5 Å². The van der Waals surface area contributed by atoms with Crippen molar-refractivity contribution in [3.8, 4) is 0 Å². The Labute approximate surface area is 445 Å². The molecule has 1 heterocycles. The van der Waals surface area contributed by atoms with Crippen molar-refractivity contribution in [1.82, 2.24) is 53.2 Å². The third kappa shape index (κ3) is 24.6. The summed E-state index contributed by atoms with van der Waals surface area (Å²) in [6, 6.07) is -5.24. The minimum absolute atomic E-state index is 0.0565. The molecule has 422 valence electrons. The molecule has 0 radical (unpaired) electrons. The molecule has 9 atom stereocenters. The van der Waals surface area contributed by atoms with Crippen molar-refractivity contribution in [3.05, 3.63) is 35.9 Å². The summed E-state index contributed by atoms with van der Waals surface area (Å²) in [4.78, 5) is 168. The quantitative estimate of drug-likeness (QED) is 0.0276. The second-order valence-corrected chi connectivity index (χ2v) is 19.2. The van der Waals surface area contributed by atoms with Crippen molar-refractivity contribution < 1.29 is 82.8 Å². The Hall–Kier alpha value is -6.89. The van der Waals surface area contributed by atoms with Crippen LogP contribution < -0.4 is 58.9 Å². The lowest BCUT2D eigenvalue weighted by Crippen LogP contribution is -2.61. The number of aliphatic hydroxyl groups excluding tert-OH is 2. The van der Waals surface area contributed by atoms with Gasteiger partial charge in [0.25, 0.3) is 0 Å². The number of aldehydes is 1. The molecule has 1 aromatic rings. The fraction of sp³-hybridized carbons (Fsp3) is 0.587. The molecule has 1 aromatic carbocycles. The molecule has 0 spiro atoms. The zero-order valence-electron chi connectivity index (χ0n) is 42.0. The van der Waals surface area contributed by atoms with E-state index < -0.39 is 171 Å². The van der Waals surface area contributed by atoms with Crippen LogP contribution in [0.5, 0.6) is 0 Å². The van der Waals surface area contributed by atoms with Gasteiger partial charge in [-0.3, -0.25) is 57.5 Å². The Morgan fingerprint density at radius 2 is 1.09 bits per heavy atom. The van der Waals surface area contributed by atoms with Crippen LogP contribution in [0.1, 0.15) is 63.4 Å². The van der Waals surface area contributed by atoms with Gasteiger partial charge in [0.1, 0.15) is 54.6 Å². The van der Waals surface area contributed by atoms with E-state index in [1.807, 2.05) is 0 Å². The first kappa shape index (κ1) is 65.2. The van der Waals surface area contributed by atoms with Gasteiger partial charge >= 0.3 is 11.9 Å². The predicted molar refractivity (Wildman–Crippen MR) is 273 cm³/mol. The van der Waals surface area contributed by atoms with E-state index >= 15 is 0 Å². The second kappa shape index (κ2) is 35.4. The lowest BCUT2D eigenvalue weighted by molar-refractivity contribution is -0.142. The van der Waals surface area contributed by atoms with Gasteiger partial charge in [0.05, 0.1) is 32.2 Å². The number of amides is 10. The molecule has 1 saturated heterocycles. The highest BCUT2D eigenvalue weighted by Gasteiger charge is 2.35. The first-order chi connectivity index (χ1) is 36.2. The number of primary amides is 1. The van der Waals surface area contributed by atoms with Crippen molar-refractivity contribution in [2.24, 2.45) is 5.73 Å². The van der Waals surface area contributed by atoms with Crippen LogP contribution in [0.25, 0.3) is 0 Å². The molecule has 0 bridgehead atoms. The molecular weight excluding hydrogens is 1040 g/mol. The van der Waals surface area contributed by atoms with Crippen LogP contribution in [0.4, 0.5) is 0 Å². The van der Waals surface area contributed by atoms with E-state index in [4.69, 9.17) is 5.73 Å². The van der Waals surface area contributed by atoms with E-state index in [2.05, 4.69) is 53.2 Å². The van der Waals surface area contributed by atoms with E-state index in [-0.39, 0.29) is 37.2 Å². The highest BCUT2D eigenvalue weighted by Crippen LogP contribution is 2.10. The van der Waals surface area contributed by atoms with E-state index in [1.54, 1.807) is 42.8 Å². The number of carbonyl (C=O) groups is 13. The maximum Gasteiger partial charge on any atom is 0.305 e. The average Bonchev–Trinajstić information content (AvgIpc) is 3.94. The maximum atomic E-state index is 13.8. The smallest absolute Gasteiger partial charge is 0.305 e. The van der Waals surface area contributed by atoms with E-state index in [1.165, 1.54) is 23.5 Å². The van der Waals surface area contributed by atoms with Crippen molar-refractivity contribution in [1.29, 1.82) is 0 Å². The molecule has 16 N–H and O–H groups in total. The fourth-order valence-corrected chi connectivity index (χ4v) is 8.17. The number of aliphatic carboxylic acids is 2. The first-order valence-corrected chi connectivity index (χ1v) is 26.8. The number of hydrogen-bond acceptors (Lipinski definition) is 18. The van der Waals surface area contributed by atoms with Crippen LogP contribution >= 0.6 is 23.5 Å². The van der Waals surface area contributed by atoms with Crippen molar-refractivity contribution in [2.45, 2.75) is 119 Å². The predicted octanol–water partition coefficient (Wildman–Crippen LogP) is -5.73. The summed E-state index contributed by atoms with van der Waals surface area (Å²) in [5.74, 6) is -12.2. The Morgan fingerprint density at radius 3 is 1.57 bits per heavy atom. The SMILES string of the molecule is CSCC[C@H](NC(=O)CNC(=O)[C@@H]1CCCN1)C(=O)N[C@@H](CCSC)C(=O)N[C@@H](CC(=O)O)C(=O)N[C@@H](CO)C(=O)N[C@@H](CCC(N)=O)C(=O)N[C@@H](CCC(=O)O)C(=O)N[C@@H](Cc1ccccc1)C(=O)N[C@H](C=O)CO. The maximum absolute atomic E-state index is 13.8. The molecular formula is C46H69N11O17S2. The summed E-state index contributed by atoms with van der Waals surface area (Å²) in [6.45, 7) is -1.79. The number of carboxylic acid groups (broad SMARTS) is 2. The average molecular weight is 1110 g/mol. The number of rotatable bonds is 37. The molecule has 1 fully saturated rings. The van der Waals surface area contributed by atoms with Gasteiger partial charge in [0.2, 0.25) is 59.1 Å². The summed E-state index contributed by atoms with van der Waals surface area (Å²) in [6.07, 6.45) is 1.38. The van der Waals surface area contributed by atoms with Gasteiger partial charge < -0.3 is 84.1 Å². The second-order valence-electron chi connectivity index (χ2n) is 17.3. The van der Waals surface area contributed by atoms with E-state index in [0.717, 1.165) is 6.42 Å². The Bertz CT molecular complexity index is 2170. The van der Waals surface area contributed by atoms with Crippen LogP contribution in [-0.2, 0) is 68.7 Å². The van der Waals surface area contributed by atoms with Crippen LogP contribution in [-0.4, -0.2) is 202 Å². The first-order valence-electron chi connectivity index (χ1n) is 24.0. The summed E-state index contributed by atoms with van der Waals surface area (Å²) in [7, 11) is 0.